The highest BCUT2D eigenvalue weighted by Crippen LogP contribution is 2.16. The van der Waals surface area contributed by atoms with E-state index in [2.05, 4.69) is 5.32 Å². The monoisotopic (exact) mass is 305 g/mol. The standard InChI is InChI=1S/C14H21F2NO2S/c1-3-20(18,19)9-5-6-11(17-2)10-12-13(15)7-4-8-14(12)16/h4,7-8,11,17H,3,5-6,9-10H2,1-2H3. The molecule has 114 valence electrons. The molecule has 1 rings (SSSR count). The number of likely N-dealkylation sites (N-methyl/N-ethyl adjacent to an activating group) is 1. The lowest BCUT2D eigenvalue weighted by molar-refractivity contribution is 0.478. The fraction of sp³-hybridized carbons (Fsp3) is 0.571. The molecule has 0 amide bonds. The van der Waals surface area contributed by atoms with Crippen LogP contribution >= 0.6 is 0 Å². The molecule has 0 aromatic heterocycles. The Labute approximate surface area is 119 Å². The van der Waals surface area contributed by atoms with Crippen molar-refractivity contribution in [3.8, 4) is 0 Å². The lowest BCUT2D eigenvalue weighted by Crippen LogP contribution is -2.29. The minimum atomic E-state index is -2.99. The zero-order chi connectivity index (χ0) is 15.2. The van der Waals surface area contributed by atoms with Crippen molar-refractivity contribution in [1.82, 2.24) is 5.32 Å². The van der Waals surface area contributed by atoms with E-state index in [9.17, 15) is 17.2 Å². The number of halogens is 2. The van der Waals surface area contributed by atoms with E-state index in [1.807, 2.05) is 0 Å². The lowest BCUT2D eigenvalue weighted by atomic mass is 10.0. The number of sulfone groups is 1. The highest BCUT2D eigenvalue weighted by Gasteiger charge is 2.15. The average molecular weight is 305 g/mol. The van der Waals surface area contributed by atoms with Crippen LogP contribution in [-0.4, -0.2) is 33.0 Å². The molecule has 0 saturated carbocycles. The summed E-state index contributed by atoms with van der Waals surface area (Å²) in [4.78, 5) is 0. The third kappa shape index (κ3) is 5.17. The summed E-state index contributed by atoms with van der Waals surface area (Å²) in [5, 5.41) is 2.98. The van der Waals surface area contributed by atoms with Crippen molar-refractivity contribution in [3.63, 3.8) is 0 Å². The third-order valence-electron chi connectivity index (χ3n) is 3.37. The molecule has 1 unspecified atom stereocenters. The van der Waals surface area contributed by atoms with E-state index >= 15 is 0 Å². The Kier molecular flexibility index (Phi) is 6.55. The van der Waals surface area contributed by atoms with E-state index in [1.54, 1.807) is 14.0 Å². The molecule has 1 N–H and O–H groups in total. The predicted molar refractivity (Wildman–Crippen MR) is 76.5 cm³/mol. The first-order valence-corrected chi connectivity index (χ1v) is 8.52. The first kappa shape index (κ1) is 17.0. The zero-order valence-corrected chi connectivity index (χ0v) is 12.6. The number of nitrogens with one attached hydrogen (secondary N) is 1. The average Bonchev–Trinajstić information content (AvgIpc) is 2.41. The van der Waals surface area contributed by atoms with Crippen molar-refractivity contribution in [1.29, 1.82) is 0 Å². The van der Waals surface area contributed by atoms with Crippen molar-refractivity contribution >= 4 is 9.84 Å². The largest absolute Gasteiger partial charge is 0.317 e. The molecule has 0 saturated heterocycles. The second-order valence-electron chi connectivity index (χ2n) is 4.77. The second kappa shape index (κ2) is 7.69. The quantitative estimate of drug-likeness (QED) is 0.801. The summed E-state index contributed by atoms with van der Waals surface area (Å²) in [5.41, 5.74) is 0.0465. The van der Waals surface area contributed by atoms with E-state index in [-0.39, 0.29) is 29.5 Å². The molecule has 0 spiro atoms. The van der Waals surface area contributed by atoms with Gasteiger partial charge in [0.1, 0.15) is 21.5 Å². The molecule has 0 radical (unpaired) electrons. The van der Waals surface area contributed by atoms with Gasteiger partial charge in [-0.1, -0.05) is 13.0 Å². The van der Waals surface area contributed by atoms with Gasteiger partial charge in [-0.05, 0) is 38.4 Å². The maximum atomic E-state index is 13.5. The number of hydrogen-bond donors (Lipinski definition) is 1. The Bertz CT molecular complexity index is 512. The van der Waals surface area contributed by atoms with Gasteiger partial charge in [0.25, 0.3) is 0 Å². The predicted octanol–water partition coefficient (Wildman–Crippen LogP) is 2.31. The van der Waals surface area contributed by atoms with Crippen molar-refractivity contribution in [3.05, 3.63) is 35.4 Å². The van der Waals surface area contributed by atoms with Gasteiger partial charge in [-0.3, -0.25) is 0 Å². The van der Waals surface area contributed by atoms with E-state index in [0.29, 0.717) is 12.8 Å². The van der Waals surface area contributed by atoms with Crippen LogP contribution in [0.4, 0.5) is 8.78 Å². The Morgan fingerprint density at radius 1 is 1.25 bits per heavy atom. The fourth-order valence-corrected chi connectivity index (χ4v) is 2.91. The van der Waals surface area contributed by atoms with E-state index in [4.69, 9.17) is 0 Å². The summed E-state index contributed by atoms with van der Waals surface area (Å²) in [5.74, 6) is -0.890. The van der Waals surface area contributed by atoms with Gasteiger partial charge in [0.15, 0.2) is 0 Å². The van der Waals surface area contributed by atoms with Crippen LogP contribution in [0.25, 0.3) is 0 Å². The Balaban J connectivity index is 2.60. The van der Waals surface area contributed by atoms with Crippen LogP contribution < -0.4 is 5.32 Å². The summed E-state index contributed by atoms with van der Waals surface area (Å²) in [7, 11) is -1.28. The van der Waals surface area contributed by atoms with Gasteiger partial charge in [-0.2, -0.15) is 0 Å². The summed E-state index contributed by atoms with van der Waals surface area (Å²) in [6, 6.07) is 3.64. The van der Waals surface area contributed by atoms with Crippen LogP contribution in [0.1, 0.15) is 25.3 Å². The molecule has 0 aliphatic heterocycles. The van der Waals surface area contributed by atoms with Gasteiger partial charge in [-0.15, -0.1) is 0 Å². The van der Waals surface area contributed by atoms with Crippen molar-refractivity contribution in [2.75, 3.05) is 18.6 Å². The molecule has 0 heterocycles. The molecule has 0 aliphatic carbocycles. The molecule has 1 aromatic rings. The molecular weight excluding hydrogens is 284 g/mol. The van der Waals surface area contributed by atoms with Crippen LogP contribution in [0, 0.1) is 11.6 Å². The highest BCUT2D eigenvalue weighted by atomic mass is 32.2. The normalized spacial score (nSPS) is 13.4. The molecule has 6 heteroatoms. The minimum Gasteiger partial charge on any atom is -0.317 e. The minimum absolute atomic E-state index is 0.0465. The summed E-state index contributed by atoms with van der Waals surface area (Å²) in [6.45, 7) is 1.61. The fourth-order valence-electron chi connectivity index (χ4n) is 2.02. The second-order valence-corrected chi connectivity index (χ2v) is 7.24. The summed E-state index contributed by atoms with van der Waals surface area (Å²) < 4.78 is 49.9. The van der Waals surface area contributed by atoms with E-state index < -0.39 is 21.5 Å². The first-order chi connectivity index (χ1) is 9.39. The van der Waals surface area contributed by atoms with Crippen LogP contribution in [0.15, 0.2) is 18.2 Å². The SMILES string of the molecule is CCS(=O)(=O)CCCC(Cc1c(F)cccc1F)NC. The van der Waals surface area contributed by atoms with E-state index in [1.165, 1.54) is 18.2 Å². The summed E-state index contributed by atoms with van der Waals surface area (Å²) >= 11 is 0. The Morgan fingerprint density at radius 2 is 1.85 bits per heavy atom. The van der Waals surface area contributed by atoms with Crippen LogP contribution in [0.5, 0.6) is 0 Å². The summed E-state index contributed by atoms with van der Waals surface area (Å²) in [6.07, 6.45) is 1.25. The maximum absolute atomic E-state index is 13.5. The first-order valence-electron chi connectivity index (χ1n) is 6.70. The molecular formula is C14H21F2NO2S. The van der Waals surface area contributed by atoms with Crippen LogP contribution in [0.2, 0.25) is 0 Å². The van der Waals surface area contributed by atoms with E-state index in [0.717, 1.165) is 0 Å². The molecule has 1 aromatic carbocycles. The number of benzene rings is 1. The molecule has 0 bridgehead atoms. The van der Waals surface area contributed by atoms with Gasteiger partial charge in [0.2, 0.25) is 0 Å². The topological polar surface area (TPSA) is 46.2 Å². The number of rotatable bonds is 8. The molecule has 1 atom stereocenters. The van der Waals surface area contributed by atoms with Gasteiger partial charge in [0.05, 0.1) is 5.75 Å². The maximum Gasteiger partial charge on any atom is 0.150 e. The molecule has 0 aliphatic rings. The molecule has 3 nitrogen and oxygen atoms in total. The van der Waals surface area contributed by atoms with Gasteiger partial charge in [-0.25, -0.2) is 17.2 Å². The zero-order valence-electron chi connectivity index (χ0n) is 11.8. The number of hydrogen-bond acceptors (Lipinski definition) is 3. The lowest BCUT2D eigenvalue weighted by Gasteiger charge is -2.17. The van der Waals surface area contributed by atoms with Crippen molar-refractivity contribution in [2.24, 2.45) is 0 Å². The third-order valence-corrected chi connectivity index (χ3v) is 5.16. The molecule has 0 fully saturated rings. The van der Waals surface area contributed by atoms with Gasteiger partial charge in [0, 0.05) is 17.4 Å². The Hall–Kier alpha value is -1.01. The van der Waals surface area contributed by atoms with Crippen molar-refractivity contribution in [2.45, 2.75) is 32.2 Å². The van der Waals surface area contributed by atoms with Gasteiger partial charge >= 0.3 is 0 Å². The van der Waals surface area contributed by atoms with Gasteiger partial charge < -0.3 is 5.32 Å². The highest BCUT2D eigenvalue weighted by molar-refractivity contribution is 7.91. The molecule has 20 heavy (non-hydrogen) atoms. The van der Waals surface area contributed by atoms with Crippen LogP contribution in [-0.2, 0) is 16.3 Å². The Morgan fingerprint density at radius 3 is 2.35 bits per heavy atom. The van der Waals surface area contributed by atoms with Crippen molar-refractivity contribution < 1.29 is 17.2 Å². The smallest absolute Gasteiger partial charge is 0.150 e. The van der Waals surface area contributed by atoms with Crippen LogP contribution in [0.3, 0.4) is 0 Å².